The van der Waals surface area contributed by atoms with Crippen LogP contribution in [0.3, 0.4) is 0 Å². The molecule has 0 aromatic heterocycles. The van der Waals surface area contributed by atoms with Gasteiger partial charge in [0.15, 0.2) is 0 Å². The molecule has 0 saturated heterocycles. The number of nitrogens with one attached hydrogen (secondary N) is 1. The van der Waals surface area contributed by atoms with Crippen molar-refractivity contribution in [3.8, 4) is 0 Å². The maximum absolute atomic E-state index is 13.7. The third-order valence-electron chi connectivity index (χ3n) is 3.91. The highest BCUT2D eigenvalue weighted by Crippen LogP contribution is 2.22. The third-order valence-corrected chi connectivity index (χ3v) is 3.91. The van der Waals surface area contributed by atoms with Crippen molar-refractivity contribution >= 4 is 0 Å². The minimum Gasteiger partial charge on any atom is -0.271 e. The number of benzene rings is 1. The molecule has 0 fully saturated rings. The molecule has 1 aromatic carbocycles. The molecule has 1 aromatic rings. The van der Waals surface area contributed by atoms with E-state index in [4.69, 9.17) is 5.84 Å². The number of hydrogen-bond donors (Lipinski definition) is 2. The van der Waals surface area contributed by atoms with Gasteiger partial charge >= 0.3 is 0 Å². The van der Waals surface area contributed by atoms with E-state index in [2.05, 4.69) is 19.3 Å². The van der Waals surface area contributed by atoms with Gasteiger partial charge in [0.2, 0.25) is 0 Å². The highest BCUT2D eigenvalue weighted by atomic mass is 19.1. The molecule has 2 atom stereocenters. The van der Waals surface area contributed by atoms with Crippen molar-refractivity contribution in [1.29, 1.82) is 0 Å². The molecule has 0 aliphatic heterocycles. The first-order chi connectivity index (χ1) is 9.62. The summed E-state index contributed by atoms with van der Waals surface area (Å²) in [4.78, 5) is 0. The number of hydrazine groups is 1. The quantitative estimate of drug-likeness (QED) is 0.532. The van der Waals surface area contributed by atoms with Gasteiger partial charge in [0.1, 0.15) is 11.6 Å². The molecule has 0 bridgehead atoms. The normalized spacial score (nSPS) is 14.2. The highest BCUT2D eigenvalue weighted by molar-refractivity contribution is 5.20. The first-order valence-corrected chi connectivity index (χ1v) is 7.51. The van der Waals surface area contributed by atoms with Crippen molar-refractivity contribution in [3.63, 3.8) is 0 Å². The Labute approximate surface area is 120 Å². The Balaban J connectivity index is 2.66. The van der Waals surface area contributed by atoms with E-state index in [0.29, 0.717) is 5.92 Å². The molecular weight excluding hydrogens is 258 g/mol. The Kier molecular flexibility index (Phi) is 7.70. The smallest absolute Gasteiger partial charge is 0.129 e. The molecule has 4 heteroatoms. The molecule has 3 N–H and O–H groups in total. The average Bonchev–Trinajstić information content (AvgIpc) is 2.45. The van der Waals surface area contributed by atoms with E-state index >= 15 is 0 Å². The lowest BCUT2D eigenvalue weighted by atomic mass is 9.89. The monoisotopic (exact) mass is 284 g/mol. The molecule has 0 aliphatic carbocycles. The highest BCUT2D eigenvalue weighted by Gasteiger charge is 2.18. The third kappa shape index (κ3) is 5.17. The summed E-state index contributed by atoms with van der Waals surface area (Å²) in [6, 6.07) is 3.87. The van der Waals surface area contributed by atoms with Gasteiger partial charge in [-0.25, -0.2) is 8.78 Å². The maximum Gasteiger partial charge on any atom is 0.129 e. The van der Waals surface area contributed by atoms with Crippen molar-refractivity contribution in [2.24, 2.45) is 11.8 Å². The fourth-order valence-corrected chi connectivity index (χ4v) is 2.57. The van der Waals surface area contributed by atoms with Crippen molar-refractivity contribution in [2.45, 2.75) is 58.4 Å². The van der Waals surface area contributed by atoms with Crippen molar-refractivity contribution < 1.29 is 8.78 Å². The van der Waals surface area contributed by atoms with Gasteiger partial charge in [-0.3, -0.25) is 11.3 Å². The van der Waals surface area contributed by atoms with Gasteiger partial charge in [0.05, 0.1) is 0 Å². The maximum atomic E-state index is 13.7. The molecule has 0 saturated carbocycles. The summed E-state index contributed by atoms with van der Waals surface area (Å²) in [5, 5.41) is 0. The summed E-state index contributed by atoms with van der Waals surface area (Å²) < 4.78 is 27.3. The second kappa shape index (κ2) is 9.03. The zero-order valence-electron chi connectivity index (χ0n) is 12.5. The second-order valence-corrected chi connectivity index (χ2v) is 5.42. The zero-order chi connectivity index (χ0) is 15.0. The van der Waals surface area contributed by atoms with Crippen molar-refractivity contribution in [1.82, 2.24) is 5.43 Å². The predicted octanol–water partition coefficient (Wildman–Crippen LogP) is 3.95. The van der Waals surface area contributed by atoms with E-state index in [1.54, 1.807) is 0 Å². The Morgan fingerprint density at radius 3 is 2.35 bits per heavy atom. The fourth-order valence-electron chi connectivity index (χ4n) is 2.57. The van der Waals surface area contributed by atoms with Crippen molar-refractivity contribution in [3.05, 3.63) is 35.4 Å². The summed E-state index contributed by atoms with van der Waals surface area (Å²) in [6.07, 6.45) is 5.70. The lowest BCUT2D eigenvalue weighted by molar-refractivity contribution is 0.345. The number of rotatable bonds is 9. The number of halogens is 2. The molecule has 0 radical (unpaired) electrons. The van der Waals surface area contributed by atoms with Gasteiger partial charge in [-0.15, -0.1) is 0 Å². The Morgan fingerprint density at radius 2 is 1.85 bits per heavy atom. The Morgan fingerprint density at radius 1 is 1.20 bits per heavy atom. The van der Waals surface area contributed by atoms with Crippen LogP contribution in [0.2, 0.25) is 0 Å². The number of nitrogens with two attached hydrogens (primary N) is 1. The summed E-state index contributed by atoms with van der Waals surface area (Å²) in [5.74, 6) is 5.12. The zero-order valence-corrected chi connectivity index (χ0v) is 12.5. The topological polar surface area (TPSA) is 38.0 Å². The summed E-state index contributed by atoms with van der Waals surface area (Å²) in [6.45, 7) is 4.32. The summed E-state index contributed by atoms with van der Waals surface area (Å²) in [7, 11) is 0. The Hall–Kier alpha value is -1.00. The summed E-state index contributed by atoms with van der Waals surface area (Å²) in [5.41, 5.74) is 2.84. The lowest BCUT2D eigenvalue weighted by Crippen LogP contribution is -2.38. The molecule has 2 nitrogen and oxygen atoms in total. The minimum atomic E-state index is -0.494. The van der Waals surface area contributed by atoms with Crippen LogP contribution >= 0.6 is 0 Å². The molecular formula is C16H26F2N2. The first-order valence-electron chi connectivity index (χ1n) is 7.51. The minimum absolute atomic E-state index is 0.0943. The van der Waals surface area contributed by atoms with Crippen LogP contribution in [-0.2, 0) is 6.42 Å². The number of hydrogen-bond acceptors (Lipinski definition) is 2. The van der Waals surface area contributed by atoms with E-state index in [0.717, 1.165) is 19.3 Å². The van der Waals surface area contributed by atoms with Gasteiger partial charge in [-0.2, -0.15) is 0 Å². The molecule has 2 unspecified atom stereocenters. The SMILES string of the molecule is CCCCC(CC)CC(Cc1c(F)cccc1F)NN. The van der Waals surface area contributed by atoms with E-state index in [9.17, 15) is 8.78 Å². The second-order valence-electron chi connectivity index (χ2n) is 5.42. The molecule has 1 rings (SSSR count). The van der Waals surface area contributed by atoms with Crippen LogP contribution in [0.4, 0.5) is 8.78 Å². The summed E-state index contributed by atoms with van der Waals surface area (Å²) >= 11 is 0. The lowest BCUT2D eigenvalue weighted by Gasteiger charge is -2.22. The molecule has 0 amide bonds. The largest absolute Gasteiger partial charge is 0.271 e. The van der Waals surface area contributed by atoms with Crippen LogP contribution in [0.1, 0.15) is 51.5 Å². The average molecular weight is 284 g/mol. The van der Waals surface area contributed by atoms with Crippen LogP contribution < -0.4 is 11.3 Å². The van der Waals surface area contributed by atoms with E-state index in [1.807, 2.05) is 0 Å². The number of unbranched alkanes of at least 4 members (excludes halogenated alkanes) is 1. The molecule has 114 valence electrons. The van der Waals surface area contributed by atoms with Crippen LogP contribution in [0.25, 0.3) is 0 Å². The Bertz CT molecular complexity index is 376. The molecule has 20 heavy (non-hydrogen) atoms. The van der Waals surface area contributed by atoms with Gasteiger partial charge in [0.25, 0.3) is 0 Å². The van der Waals surface area contributed by atoms with Crippen molar-refractivity contribution in [2.75, 3.05) is 0 Å². The van der Waals surface area contributed by atoms with Crippen LogP contribution in [0.5, 0.6) is 0 Å². The van der Waals surface area contributed by atoms with Gasteiger partial charge in [-0.1, -0.05) is 45.6 Å². The molecule has 0 heterocycles. The van der Waals surface area contributed by atoms with E-state index in [-0.39, 0.29) is 18.0 Å². The standard InChI is InChI=1S/C16H26F2N2/c1-3-5-7-12(4-2)10-13(20-19)11-14-15(17)8-6-9-16(14)18/h6,8-9,12-13,20H,3-5,7,10-11,19H2,1-2H3. The van der Waals surface area contributed by atoms with Crippen LogP contribution in [-0.4, -0.2) is 6.04 Å². The van der Waals surface area contributed by atoms with Gasteiger partial charge in [-0.05, 0) is 30.9 Å². The van der Waals surface area contributed by atoms with Gasteiger partial charge in [0, 0.05) is 11.6 Å². The fraction of sp³-hybridized carbons (Fsp3) is 0.625. The molecule has 0 aliphatic rings. The van der Waals surface area contributed by atoms with Gasteiger partial charge < -0.3 is 0 Å². The van der Waals surface area contributed by atoms with E-state index in [1.165, 1.54) is 31.0 Å². The molecule has 0 spiro atoms. The van der Waals surface area contributed by atoms with Crippen LogP contribution in [0.15, 0.2) is 18.2 Å². The first kappa shape index (κ1) is 17.1. The van der Waals surface area contributed by atoms with E-state index < -0.39 is 11.6 Å². The predicted molar refractivity (Wildman–Crippen MR) is 79.1 cm³/mol. The van der Waals surface area contributed by atoms with Crippen LogP contribution in [0, 0.1) is 17.6 Å².